The van der Waals surface area contributed by atoms with E-state index in [4.69, 9.17) is 16.3 Å². The Kier molecular flexibility index (Phi) is 6.52. The molecule has 0 aliphatic carbocycles. The summed E-state index contributed by atoms with van der Waals surface area (Å²) in [7, 11) is -3.66. The number of hydrogen-bond donors (Lipinski definition) is 1. The summed E-state index contributed by atoms with van der Waals surface area (Å²) in [6.45, 7) is 5.73. The van der Waals surface area contributed by atoms with Crippen molar-refractivity contribution in [1.29, 1.82) is 0 Å². The van der Waals surface area contributed by atoms with E-state index in [-0.39, 0.29) is 18.0 Å². The fourth-order valence-corrected chi connectivity index (χ4v) is 4.27. The minimum Gasteiger partial charge on any atom is -0.475 e. The van der Waals surface area contributed by atoms with Gasteiger partial charge in [0.15, 0.2) is 0 Å². The number of benzene rings is 2. The van der Waals surface area contributed by atoms with E-state index in [1.54, 1.807) is 32.0 Å². The average molecular weight is 432 g/mol. The Morgan fingerprint density at radius 2 is 1.69 bits per heavy atom. The van der Waals surface area contributed by atoms with E-state index in [0.717, 1.165) is 11.3 Å². The van der Waals surface area contributed by atoms with E-state index in [1.807, 2.05) is 37.3 Å². The van der Waals surface area contributed by atoms with Crippen molar-refractivity contribution in [2.75, 3.05) is 13.2 Å². The van der Waals surface area contributed by atoms with Crippen LogP contribution in [0.1, 0.15) is 16.7 Å². The quantitative estimate of drug-likeness (QED) is 0.570. The van der Waals surface area contributed by atoms with Gasteiger partial charge in [0.05, 0.1) is 10.6 Å². The van der Waals surface area contributed by atoms with Crippen molar-refractivity contribution in [3.05, 3.63) is 70.2 Å². The molecule has 0 aliphatic rings. The Hall–Kier alpha value is -2.48. The van der Waals surface area contributed by atoms with Gasteiger partial charge in [-0.25, -0.2) is 13.1 Å². The number of aryl methyl sites for hydroxylation is 3. The van der Waals surface area contributed by atoms with Gasteiger partial charge in [0.1, 0.15) is 6.61 Å². The lowest BCUT2D eigenvalue weighted by molar-refractivity contribution is 0.307. The first kappa shape index (κ1) is 21.2. The molecule has 1 heterocycles. The van der Waals surface area contributed by atoms with E-state index in [1.165, 1.54) is 5.56 Å². The standard InChI is InChI=1S/C21H22ClN3O3S/c1-14-4-6-17(7-5-14)19-8-9-21(25-24-19)28-11-10-23-29(26,27)20-13-15(2)18(22)12-16(20)3/h4-9,12-13,23H,10-11H2,1-3H3. The highest BCUT2D eigenvalue weighted by molar-refractivity contribution is 7.89. The third-order valence-electron chi connectivity index (χ3n) is 4.38. The molecule has 0 fully saturated rings. The fourth-order valence-electron chi connectivity index (χ4n) is 2.73. The van der Waals surface area contributed by atoms with Crippen LogP contribution in [-0.4, -0.2) is 31.8 Å². The van der Waals surface area contributed by atoms with Crippen LogP contribution in [0.5, 0.6) is 5.88 Å². The normalized spacial score (nSPS) is 11.4. The van der Waals surface area contributed by atoms with Crippen molar-refractivity contribution in [2.45, 2.75) is 25.7 Å². The second kappa shape index (κ2) is 8.90. The first-order valence-corrected chi connectivity index (χ1v) is 10.9. The van der Waals surface area contributed by atoms with Crippen LogP contribution < -0.4 is 9.46 Å². The molecule has 29 heavy (non-hydrogen) atoms. The molecular weight excluding hydrogens is 410 g/mol. The summed E-state index contributed by atoms with van der Waals surface area (Å²) in [5, 5.41) is 8.74. The topological polar surface area (TPSA) is 81.2 Å². The van der Waals surface area contributed by atoms with Crippen molar-refractivity contribution in [3.63, 3.8) is 0 Å². The van der Waals surface area contributed by atoms with Gasteiger partial charge in [0.25, 0.3) is 0 Å². The lowest BCUT2D eigenvalue weighted by atomic mass is 10.1. The Balaban J connectivity index is 1.56. The molecule has 0 amide bonds. The van der Waals surface area contributed by atoms with Gasteiger partial charge in [-0.15, -0.1) is 10.2 Å². The number of nitrogens with one attached hydrogen (secondary N) is 1. The molecule has 0 unspecified atom stereocenters. The van der Waals surface area contributed by atoms with Crippen molar-refractivity contribution in [1.82, 2.24) is 14.9 Å². The summed E-state index contributed by atoms with van der Waals surface area (Å²) in [5.41, 5.74) is 4.18. The SMILES string of the molecule is Cc1ccc(-c2ccc(OCCNS(=O)(=O)c3cc(C)c(Cl)cc3C)nn2)cc1. The molecule has 0 atom stereocenters. The zero-order valence-corrected chi connectivity index (χ0v) is 18.0. The third-order valence-corrected chi connectivity index (χ3v) is 6.39. The molecule has 0 radical (unpaired) electrons. The summed E-state index contributed by atoms with van der Waals surface area (Å²) < 4.78 is 33.1. The van der Waals surface area contributed by atoms with Crippen molar-refractivity contribution in [2.24, 2.45) is 0 Å². The van der Waals surface area contributed by atoms with E-state index in [2.05, 4.69) is 14.9 Å². The van der Waals surface area contributed by atoms with Crippen LogP contribution in [0.3, 0.4) is 0 Å². The second-order valence-corrected chi connectivity index (χ2v) is 8.88. The van der Waals surface area contributed by atoms with Crippen LogP contribution in [0.4, 0.5) is 0 Å². The van der Waals surface area contributed by atoms with Gasteiger partial charge in [-0.3, -0.25) is 0 Å². The monoisotopic (exact) mass is 431 g/mol. The number of rotatable bonds is 7. The number of nitrogens with zero attached hydrogens (tertiary/aromatic N) is 2. The molecular formula is C21H22ClN3O3S. The number of hydrogen-bond acceptors (Lipinski definition) is 5. The maximum Gasteiger partial charge on any atom is 0.240 e. The highest BCUT2D eigenvalue weighted by Gasteiger charge is 2.17. The highest BCUT2D eigenvalue weighted by Crippen LogP contribution is 2.23. The van der Waals surface area contributed by atoms with Crippen LogP contribution in [0.15, 0.2) is 53.4 Å². The van der Waals surface area contributed by atoms with Crippen LogP contribution in [-0.2, 0) is 10.0 Å². The molecule has 0 saturated carbocycles. The highest BCUT2D eigenvalue weighted by atomic mass is 35.5. The maximum atomic E-state index is 12.5. The third kappa shape index (κ3) is 5.32. The van der Waals surface area contributed by atoms with Gasteiger partial charge in [-0.1, -0.05) is 41.4 Å². The first-order valence-electron chi connectivity index (χ1n) is 9.06. The molecule has 6 nitrogen and oxygen atoms in total. The summed E-state index contributed by atoms with van der Waals surface area (Å²) in [4.78, 5) is 0.210. The minimum absolute atomic E-state index is 0.102. The maximum absolute atomic E-state index is 12.5. The predicted octanol–water partition coefficient (Wildman–Crippen LogP) is 4.08. The molecule has 0 spiro atoms. The zero-order chi connectivity index (χ0) is 21.0. The van der Waals surface area contributed by atoms with Crippen LogP contribution in [0, 0.1) is 20.8 Å². The van der Waals surface area contributed by atoms with E-state index < -0.39 is 10.0 Å². The summed E-state index contributed by atoms with van der Waals surface area (Å²) >= 11 is 6.04. The molecule has 3 aromatic rings. The van der Waals surface area contributed by atoms with E-state index in [0.29, 0.717) is 22.0 Å². The average Bonchev–Trinajstić information content (AvgIpc) is 2.69. The van der Waals surface area contributed by atoms with Crippen LogP contribution in [0.25, 0.3) is 11.3 Å². The molecule has 1 N–H and O–H groups in total. The fraction of sp³-hybridized carbons (Fsp3) is 0.238. The Morgan fingerprint density at radius 3 is 2.34 bits per heavy atom. The molecule has 0 saturated heterocycles. The van der Waals surface area contributed by atoms with Crippen LogP contribution >= 0.6 is 11.6 Å². The second-order valence-electron chi connectivity index (χ2n) is 6.74. The van der Waals surface area contributed by atoms with Crippen molar-refractivity contribution >= 4 is 21.6 Å². The molecule has 152 valence electrons. The minimum atomic E-state index is -3.66. The lowest BCUT2D eigenvalue weighted by Crippen LogP contribution is -2.29. The number of sulfonamides is 1. The van der Waals surface area contributed by atoms with E-state index in [9.17, 15) is 8.42 Å². The van der Waals surface area contributed by atoms with Crippen molar-refractivity contribution < 1.29 is 13.2 Å². The van der Waals surface area contributed by atoms with Crippen molar-refractivity contribution in [3.8, 4) is 17.1 Å². The van der Waals surface area contributed by atoms with E-state index >= 15 is 0 Å². The lowest BCUT2D eigenvalue weighted by Gasteiger charge is -2.11. The molecule has 0 bridgehead atoms. The molecule has 0 aliphatic heterocycles. The number of aromatic nitrogens is 2. The van der Waals surface area contributed by atoms with Gasteiger partial charge in [-0.2, -0.15) is 0 Å². The molecule has 1 aromatic heterocycles. The Morgan fingerprint density at radius 1 is 0.966 bits per heavy atom. The zero-order valence-electron chi connectivity index (χ0n) is 16.4. The number of ether oxygens (including phenoxy) is 1. The summed E-state index contributed by atoms with van der Waals surface area (Å²) in [6.07, 6.45) is 0. The predicted molar refractivity (Wildman–Crippen MR) is 114 cm³/mol. The molecule has 8 heteroatoms. The Labute approximate surface area is 176 Å². The van der Waals surface area contributed by atoms with Gasteiger partial charge in [0.2, 0.25) is 15.9 Å². The largest absolute Gasteiger partial charge is 0.475 e. The summed E-state index contributed by atoms with van der Waals surface area (Å²) in [6, 6.07) is 14.7. The molecule has 3 rings (SSSR count). The van der Waals surface area contributed by atoms with Gasteiger partial charge in [-0.05, 0) is 50.1 Å². The Bertz CT molecular complexity index is 1100. The molecule has 2 aromatic carbocycles. The number of halogens is 1. The summed E-state index contributed by atoms with van der Waals surface area (Å²) in [5.74, 6) is 0.332. The van der Waals surface area contributed by atoms with Gasteiger partial charge >= 0.3 is 0 Å². The smallest absolute Gasteiger partial charge is 0.240 e. The first-order chi connectivity index (χ1) is 13.8. The van der Waals surface area contributed by atoms with Gasteiger partial charge in [0, 0.05) is 23.2 Å². The van der Waals surface area contributed by atoms with Gasteiger partial charge < -0.3 is 4.74 Å². The van der Waals surface area contributed by atoms with Crippen LogP contribution in [0.2, 0.25) is 5.02 Å².